The quantitative estimate of drug-likeness (QED) is 0.314. The number of carbonyl (C=O) groups excluding carboxylic acids is 1. The first-order valence-corrected chi connectivity index (χ1v) is 9.66. The van der Waals surface area contributed by atoms with Crippen LogP contribution in [0.1, 0.15) is 19.3 Å². The summed E-state index contributed by atoms with van der Waals surface area (Å²) in [5.41, 5.74) is 0. The average molecular weight is 377 g/mol. The summed E-state index contributed by atoms with van der Waals surface area (Å²) in [4.78, 5) is 24.0. The van der Waals surface area contributed by atoms with Gasteiger partial charge < -0.3 is 9.90 Å². The fourth-order valence-corrected chi connectivity index (χ4v) is 5.67. The molecule has 24 heavy (non-hydrogen) atoms. The van der Waals surface area contributed by atoms with Crippen molar-refractivity contribution in [1.82, 2.24) is 4.90 Å². The van der Waals surface area contributed by atoms with Crippen LogP contribution in [0.2, 0.25) is 0 Å². The van der Waals surface area contributed by atoms with Crippen molar-refractivity contribution in [2.75, 3.05) is 19.8 Å². The van der Waals surface area contributed by atoms with Crippen LogP contribution in [0.5, 0.6) is 0 Å². The van der Waals surface area contributed by atoms with Gasteiger partial charge in [0.15, 0.2) is 0 Å². The van der Waals surface area contributed by atoms with Crippen LogP contribution in [0.3, 0.4) is 0 Å². The molecular weight excluding hydrogens is 356 g/mol. The van der Waals surface area contributed by atoms with Gasteiger partial charge in [-0.25, -0.2) is 0 Å². The number of nitrogens with zero attached hydrogens (tertiary/aromatic N) is 1. The Morgan fingerprint density at radius 1 is 1.25 bits per heavy atom. The molecule has 2 unspecified atom stereocenters. The minimum atomic E-state index is -2.69. The number of hydrogen-bond donors (Lipinski definition) is 1. The van der Waals surface area contributed by atoms with E-state index in [4.69, 9.17) is 9.05 Å². The molecule has 1 heterocycles. The Bertz CT molecular complexity index is 513. The Kier molecular flexibility index (Phi) is 8.53. The van der Waals surface area contributed by atoms with Crippen LogP contribution < -0.4 is 0 Å². The normalized spacial score (nSPS) is 21.6. The highest BCUT2D eigenvalue weighted by molar-refractivity contribution is 7.60. The van der Waals surface area contributed by atoms with E-state index in [-0.39, 0.29) is 19.8 Å². The van der Waals surface area contributed by atoms with Gasteiger partial charge in [-0.3, -0.25) is 4.79 Å². The third-order valence-electron chi connectivity index (χ3n) is 3.56. The Morgan fingerprint density at radius 2 is 1.79 bits per heavy atom. The Labute approximate surface area is 142 Å². The van der Waals surface area contributed by atoms with E-state index in [9.17, 15) is 23.8 Å². The second kappa shape index (κ2) is 9.87. The van der Waals surface area contributed by atoms with E-state index in [0.29, 0.717) is 19.1 Å². The van der Waals surface area contributed by atoms with Crippen LogP contribution in [0, 0.1) is 0 Å². The monoisotopic (exact) mass is 377 g/mol. The highest BCUT2D eigenvalue weighted by atomic mass is 31.2. The molecule has 0 saturated carbocycles. The topological polar surface area (TPSA) is 110 Å². The van der Waals surface area contributed by atoms with Crippen molar-refractivity contribution in [3.8, 4) is 0 Å². The molecule has 0 amide bonds. The molecule has 0 aromatic rings. The maximum absolute atomic E-state index is 12.8. The second-order valence-corrected chi connectivity index (χ2v) is 8.40. The lowest BCUT2D eigenvalue weighted by molar-refractivity contribution is -0.143. The van der Waals surface area contributed by atoms with Gasteiger partial charge in [0.2, 0.25) is 0 Å². The fraction of sp³-hybridized carbons (Fsp3) is 0.571. The number of aldehydes is 1. The molecule has 132 valence electrons. The van der Waals surface area contributed by atoms with Crippen LogP contribution in [0.4, 0.5) is 0 Å². The van der Waals surface area contributed by atoms with Gasteiger partial charge in [0.1, 0.15) is 32.0 Å². The lowest BCUT2D eigenvalue weighted by Gasteiger charge is -2.24. The van der Waals surface area contributed by atoms with E-state index in [1.165, 1.54) is 17.1 Å². The molecule has 1 fully saturated rings. The molecule has 10 heteroatoms. The molecule has 1 N–H and O–H groups in total. The van der Waals surface area contributed by atoms with Gasteiger partial charge in [-0.15, -0.1) is 22.2 Å². The first kappa shape index (κ1) is 20.7. The van der Waals surface area contributed by atoms with Crippen molar-refractivity contribution < 1.29 is 32.9 Å². The largest absolute Gasteiger partial charge is 0.589 e. The zero-order valence-electron chi connectivity index (χ0n) is 13.2. The lowest BCUT2D eigenvalue weighted by Crippen LogP contribution is -2.50. The van der Waals surface area contributed by atoms with Gasteiger partial charge in [-0.1, -0.05) is 12.2 Å². The molecule has 1 aliphatic rings. The van der Waals surface area contributed by atoms with Gasteiger partial charge in [0.25, 0.3) is 0 Å². The summed E-state index contributed by atoms with van der Waals surface area (Å²) in [6.45, 7) is 6.94. The molecule has 0 aliphatic carbocycles. The van der Waals surface area contributed by atoms with E-state index >= 15 is 0 Å². The van der Waals surface area contributed by atoms with Crippen molar-refractivity contribution in [2.24, 2.45) is 0 Å². The molecule has 0 aromatic heterocycles. The van der Waals surface area contributed by atoms with E-state index in [1.54, 1.807) is 0 Å². The van der Waals surface area contributed by atoms with Gasteiger partial charge in [-0.2, -0.15) is 4.90 Å². The van der Waals surface area contributed by atoms with Crippen molar-refractivity contribution in [3.63, 3.8) is 0 Å². The van der Waals surface area contributed by atoms with Crippen molar-refractivity contribution in [3.05, 3.63) is 25.3 Å². The van der Waals surface area contributed by atoms with E-state index in [2.05, 4.69) is 13.2 Å². The van der Waals surface area contributed by atoms with E-state index < -0.39 is 39.5 Å². The molecule has 0 bridgehead atoms. The lowest BCUT2D eigenvalue weighted by atomic mass is 10.2. The molecule has 0 aromatic carbocycles. The van der Waals surface area contributed by atoms with Crippen LogP contribution >= 0.6 is 16.1 Å². The number of carbonyl (C=O) groups is 2. The van der Waals surface area contributed by atoms with Gasteiger partial charge in [0, 0.05) is 6.54 Å². The van der Waals surface area contributed by atoms with E-state index in [0.717, 1.165) is 0 Å². The van der Waals surface area contributed by atoms with E-state index in [1.807, 2.05) is 0 Å². The Hall–Kier alpha value is -1.30. The number of rotatable bonds is 12. The molecule has 0 radical (unpaired) electrons. The predicted octanol–water partition coefficient (Wildman–Crippen LogP) is 2.67. The molecule has 1 saturated heterocycles. The molecule has 0 spiro atoms. The summed E-state index contributed by atoms with van der Waals surface area (Å²) in [6.07, 6.45) is 3.53. The number of hydrogen-bond acceptors (Lipinski definition) is 7. The van der Waals surface area contributed by atoms with Crippen LogP contribution in [0.15, 0.2) is 25.3 Å². The number of carboxylic acid groups (broad SMARTS) is 1. The van der Waals surface area contributed by atoms with Gasteiger partial charge in [0.05, 0.1) is 0 Å². The second-order valence-electron chi connectivity index (χ2n) is 5.02. The number of carboxylic acids is 1. The summed E-state index contributed by atoms with van der Waals surface area (Å²) >= 11 is 0. The smallest absolute Gasteiger partial charge is 0.480 e. The van der Waals surface area contributed by atoms with Gasteiger partial charge >= 0.3 is 27.0 Å². The van der Waals surface area contributed by atoms with Gasteiger partial charge in [-0.05, 0) is 22.0 Å². The number of likely N-dealkylation sites (tertiary alicyclic amines) is 1. The zero-order valence-corrected chi connectivity index (χ0v) is 15.0. The average Bonchev–Trinajstić information content (AvgIpc) is 3.05. The summed E-state index contributed by atoms with van der Waals surface area (Å²) in [5, 5.41) is 7.56. The first-order chi connectivity index (χ1) is 11.4. The number of aliphatic carboxylic acids is 1. The van der Waals surface area contributed by atoms with Crippen molar-refractivity contribution >= 4 is 28.3 Å². The Balaban J connectivity index is 3.33. The maximum Gasteiger partial charge on any atom is 0.589 e. The SMILES string of the molecule is C=CCO[P+](=O)C(CC=O)(N1CCC[C@H]1C(=O)O)[P+](=O)OCC=C. The molecular formula is C14H21NO7P2+2. The molecule has 8 nitrogen and oxygen atoms in total. The van der Waals surface area contributed by atoms with Crippen molar-refractivity contribution in [2.45, 2.75) is 30.3 Å². The van der Waals surface area contributed by atoms with Crippen LogP contribution in [-0.4, -0.2) is 53.1 Å². The van der Waals surface area contributed by atoms with Crippen LogP contribution in [-0.2, 0) is 27.8 Å². The minimum absolute atomic E-state index is 0.0912. The van der Waals surface area contributed by atoms with Crippen molar-refractivity contribution in [1.29, 1.82) is 0 Å². The first-order valence-electron chi connectivity index (χ1n) is 7.31. The standard InChI is InChI=1S/C14H20NO7P2/c1-3-10-21-23(19)14(7-9-16,24(20)22-11-4-2)15-8-5-6-12(15)13(17)18/h3-4,9,12H,1-2,5-8,10-11H2/q+1/p+1/t12-/m0/s1. The molecule has 1 aliphatic heterocycles. The fourth-order valence-electron chi connectivity index (χ4n) is 2.55. The molecule has 1 rings (SSSR count). The maximum atomic E-state index is 12.8. The summed E-state index contributed by atoms with van der Waals surface area (Å²) in [6, 6.07) is -1.01. The Morgan fingerprint density at radius 3 is 2.21 bits per heavy atom. The summed E-state index contributed by atoms with van der Waals surface area (Å²) in [5.74, 6) is -1.14. The third kappa shape index (κ3) is 4.41. The third-order valence-corrected chi connectivity index (χ3v) is 7.35. The van der Waals surface area contributed by atoms with Crippen LogP contribution in [0.25, 0.3) is 0 Å². The highest BCUT2D eigenvalue weighted by Crippen LogP contribution is 2.61. The zero-order chi connectivity index (χ0) is 18.2. The highest BCUT2D eigenvalue weighted by Gasteiger charge is 2.75. The minimum Gasteiger partial charge on any atom is -0.480 e. The predicted molar refractivity (Wildman–Crippen MR) is 88.3 cm³/mol. The summed E-state index contributed by atoms with van der Waals surface area (Å²) < 4.78 is 35.9. The molecule has 3 atom stereocenters. The summed E-state index contributed by atoms with van der Waals surface area (Å²) in [7, 11) is -5.38.